The van der Waals surface area contributed by atoms with Crippen LogP contribution >= 0.6 is 0 Å². The van der Waals surface area contributed by atoms with Crippen LogP contribution in [0, 0.1) is 11.3 Å². The van der Waals surface area contributed by atoms with Gasteiger partial charge in [0.1, 0.15) is 0 Å². The third-order valence-corrected chi connectivity index (χ3v) is 4.50. The number of hydrogen-bond donors (Lipinski definition) is 3. The molecule has 1 aromatic heterocycles. The summed E-state index contributed by atoms with van der Waals surface area (Å²) in [6.45, 7) is 4.77. The number of hydrogen-bond acceptors (Lipinski definition) is 3. The van der Waals surface area contributed by atoms with Crippen molar-refractivity contribution in [3.63, 3.8) is 0 Å². The molecule has 0 aliphatic heterocycles. The molecule has 1 saturated carbocycles. The third kappa shape index (κ3) is 3.20. The third-order valence-electron chi connectivity index (χ3n) is 4.50. The molecule has 0 unspecified atom stereocenters. The van der Waals surface area contributed by atoms with Crippen LogP contribution in [0.1, 0.15) is 51.6 Å². The quantitative estimate of drug-likeness (QED) is 0.773. The Kier molecular flexibility index (Phi) is 4.81. The van der Waals surface area contributed by atoms with E-state index in [0.717, 1.165) is 44.2 Å². The summed E-state index contributed by atoms with van der Waals surface area (Å²) < 4.78 is 0. The highest BCUT2D eigenvalue weighted by Gasteiger charge is 2.40. The summed E-state index contributed by atoms with van der Waals surface area (Å²) in [7, 11) is 0. The van der Waals surface area contributed by atoms with Crippen LogP contribution in [0.5, 0.6) is 0 Å². The fraction of sp³-hybridized carbons (Fsp3) is 0.733. The van der Waals surface area contributed by atoms with Crippen molar-refractivity contribution in [3.8, 4) is 0 Å². The zero-order chi connectivity index (χ0) is 14.6. The molecule has 2 rings (SSSR count). The van der Waals surface area contributed by atoms with E-state index in [1.807, 2.05) is 6.07 Å². The number of rotatable bonds is 5. The number of anilines is 1. The van der Waals surface area contributed by atoms with Gasteiger partial charge in [0.2, 0.25) is 5.91 Å². The molecule has 4 N–H and O–H groups in total. The Bertz CT molecular complexity index is 446. The van der Waals surface area contributed by atoms with E-state index in [9.17, 15) is 4.79 Å². The smallest absolute Gasteiger partial charge is 0.233 e. The van der Waals surface area contributed by atoms with Gasteiger partial charge < -0.3 is 11.1 Å². The summed E-state index contributed by atoms with van der Waals surface area (Å²) in [5.74, 6) is 1.34. The molecule has 5 heteroatoms. The number of H-pyrrole nitrogens is 1. The molecule has 1 amide bonds. The highest BCUT2D eigenvalue weighted by molar-refractivity contribution is 5.94. The summed E-state index contributed by atoms with van der Waals surface area (Å²) in [6.07, 6.45) is 5.91. The van der Waals surface area contributed by atoms with Crippen LogP contribution in [0.3, 0.4) is 0 Å². The molecule has 0 atom stereocenters. The first-order valence-electron chi connectivity index (χ1n) is 7.65. The zero-order valence-corrected chi connectivity index (χ0v) is 12.5. The number of carbonyl (C=O) groups excluding carboxylic acids is 1. The van der Waals surface area contributed by atoms with Gasteiger partial charge in [-0.15, -0.1) is 0 Å². The van der Waals surface area contributed by atoms with E-state index in [0.29, 0.717) is 18.3 Å². The lowest BCUT2D eigenvalue weighted by Crippen LogP contribution is -2.44. The number of nitrogens with one attached hydrogen (secondary N) is 2. The fourth-order valence-corrected chi connectivity index (χ4v) is 2.91. The molecule has 1 aliphatic carbocycles. The molecule has 1 aliphatic rings. The number of carbonyl (C=O) groups is 1. The topological polar surface area (TPSA) is 83.8 Å². The minimum atomic E-state index is -0.406. The van der Waals surface area contributed by atoms with Gasteiger partial charge in [-0.05, 0) is 38.0 Å². The van der Waals surface area contributed by atoms with Crippen LogP contribution in [0.25, 0.3) is 0 Å². The van der Waals surface area contributed by atoms with Crippen molar-refractivity contribution >= 4 is 11.7 Å². The van der Waals surface area contributed by atoms with Gasteiger partial charge in [-0.3, -0.25) is 9.89 Å². The van der Waals surface area contributed by atoms with E-state index in [-0.39, 0.29) is 5.91 Å². The Hall–Kier alpha value is -1.36. The molecule has 0 aromatic carbocycles. The summed E-state index contributed by atoms with van der Waals surface area (Å²) in [6, 6.07) is 1.91. The molecule has 0 spiro atoms. The van der Waals surface area contributed by atoms with Crippen molar-refractivity contribution < 1.29 is 4.79 Å². The molecular formula is C15H26N4O. The first kappa shape index (κ1) is 15.0. The SMILES string of the molecule is CCCc1cc(NC(=O)C2(CN)CCC(C)CC2)n[nH]1. The molecule has 20 heavy (non-hydrogen) atoms. The van der Waals surface area contributed by atoms with Gasteiger partial charge in [-0.1, -0.05) is 20.3 Å². The first-order chi connectivity index (χ1) is 9.59. The molecule has 0 radical (unpaired) electrons. The second-order valence-corrected chi connectivity index (χ2v) is 6.15. The standard InChI is InChI=1S/C15H26N4O/c1-3-4-12-9-13(19-18-12)17-14(20)15(10-16)7-5-11(2)6-8-15/h9,11H,3-8,10,16H2,1-2H3,(H2,17,18,19,20). The van der Waals surface area contributed by atoms with Gasteiger partial charge in [-0.2, -0.15) is 5.10 Å². The Morgan fingerprint density at radius 3 is 2.85 bits per heavy atom. The average molecular weight is 278 g/mol. The summed E-state index contributed by atoms with van der Waals surface area (Å²) in [4.78, 5) is 12.5. The highest BCUT2D eigenvalue weighted by Crippen LogP contribution is 2.38. The molecule has 1 aromatic rings. The van der Waals surface area contributed by atoms with Gasteiger partial charge in [0, 0.05) is 18.3 Å². The first-order valence-corrected chi connectivity index (χ1v) is 7.65. The fourth-order valence-electron chi connectivity index (χ4n) is 2.91. The second-order valence-electron chi connectivity index (χ2n) is 6.15. The summed E-state index contributed by atoms with van der Waals surface area (Å²) >= 11 is 0. The largest absolute Gasteiger partial charge is 0.329 e. The van der Waals surface area contributed by atoms with E-state index >= 15 is 0 Å². The predicted molar refractivity (Wildman–Crippen MR) is 80.3 cm³/mol. The van der Waals surface area contributed by atoms with Crippen molar-refractivity contribution in [3.05, 3.63) is 11.8 Å². The summed E-state index contributed by atoms with van der Waals surface area (Å²) in [5, 5.41) is 10.0. The van der Waals surface area contributed by atoms with E-state index < -0.39 is 5.41 Å². The van der Waals surface area contributed by atoms with Crippen LogP contribution in [0.4, 0.5) is 5.82 Å². The summed E-state index contributed by atoms with van der Waals surface area (Å²) in [5.41, 5.74) is 6.55. The van der Waals surface area contributed by atoms with Crippen molar-refractivity contribution in [2.45, 2.75) is 52.4 Å². The molecule has 112 valence electrons. The Balaban J connectivity index is 2.01. The molecule has 1 heterocycles. The molecule has 0 bridgehead atoms. The maximum absolute atomic E-state index is 12.5. The van der Waals surface area contributed by atoms with Crippen molar-refractivity contribution in [1.82, 2.24) is 10.2 Å². The highest BCUT2D eigenvalue weighted by atomic mass is 16.2. The van der Waals surface area contributed by atoms with Gasteiger partial charge in [-0.25, -0.2) is 0 Å². The molecule has 1 fully saturated rings. The van der Waals surface area contributed by atoms with Gasteiger partial charge >= 0.3 is 0 Å². The number of nitrogens with two attached hydrogens (primary N) is 1. The monoisotopic (exact) mass is 278 g/mol. The van der Waals surface area contributed by atoms with E-state index in [1.165, 1.54) is 0 Å². The number of aryl methyl sites for hydroxylation is 1. The van der Waals surface area contributed by atoms with Crippen molar-refractivity contribution in [1.29, 1.82) is 0 Å². The minimum Gasteiger partial charge on any atom is -0.329 e. The van der Waals surface area contributed by atoms with Crippen molar-refractivity contribution in [2.75, 3.05) is 11.9 Å². The maximum Gasteiger partial charge on any atom is 0.233 e. The lowest BCUT2D eigenvalue weighted by atomic mass is 9.70. The van der Waals surface area contributed by atoms with Crippen molar-refractivity contribution in [2.24, 2.45) is 17.1 Å². The minimum absolute atomic E-state index is 0.0291. The lowest BCUT2D eigenvalue weighted by Gasteiger charge is -2.36. The van der Waals surface area contributed by atoms with Crippen LogP contribution in [-0.2, 0) is 11.2 Å². The maximum atomic E-state index is 12.5. The van der Waals surface area contributed by atoms with Crippen LogP contribution in [0.15, 0.2) is 6.07 Å². The number of amides is 1. The van der Waals surface area contributed by atoms with E-state index in [2.05, 4.69) is 29.4 Å². The van der Waals surface area contributed by atoms with Crippen LogP contribution < -0.4 is 11.1 Å². The predicted octanol–water partition coefficient (Wildman–Crippen LogP) is 2.46. The second kappa shape index (κ2) is 6.39. The lowest BCUT2D eigenvalue weighted by molar-refractivity contribution is -0.127. The van der Waals surface area contributed by atoms with E-state index in [4.69, 9.17) is 5.73 Å². The van der Waals surface area contributed by atoms with Crippen LogP contribution in [-0.4, -0.2) is 22.6 Å². The van der Waals surface area contributed by atoms with Gasteiger partial charge in [0.25, 0.3) is 0 Å². The molecule has 5 nitrogen and oxygen atoms in total. The van der Waals surface area contributed by atoms with Gasteiger partial charge in [0.05, 0.1) is 5.41 Å². The Morgan fingerprint density at radius 2 is 2.25 bits per heavy atom. The number of nitrogens with zero attached hydrogens (tertiary/aromatic N) is 1. The average Bonchev–Trinajstić information content (AvgIpc) is 2.88. The number of aromatic amines is 1. The Labute approximate surface area is 120 Å². The Morgan fingerprint density at radius 1 is 1.55 bits per heavy atom. The zero-order valence-electron chi connectivity index (χ0n) is 12.5. The molecular weight excluding hydrogens is 252 g/mol. The molecule has 0 saturated heterocycles. The number of aromatic nitrogens is 2. The van der Waals surface area contributed by atoms with Gasteiger partial charge in [0.15, 0.2) is 5.82 Å². The van der Waals surface area contributed by atoms with Crippen LogP contribution in [0.2, 0.25) is 0 Å². The van der Waals surface area contributed by atoms with E-state index in [1.54, 1.807) is 0 Å². The normalized spacial score (nSPS) is 26.4.